The minimum absolute atomic E-state index is 0. The van der Waals surface area contributed by atoms with Crippen LogP contribution in [0, 0.1) is 5.92 Å². The van der Waals surface area contributed by atoms with Crippen molar-refractivity contribution in [2.45, 2.75) is 32.2 Å². The van der Waals surface area contributed by atoms with Crippen molar-refractivity contribution in [1.82, 2.24) is 10.2 Å². The van der Waals surface area contributed by atoms with Gasteiger partial charge < -0.3 is 19.7 Å². The van der Waals surface area contributed by atoms with Gasteiger partial charge in [0.25, 0.3) is 0 Å². The summed E-state index contributed by atoms with van der Waals surface area (Å²) in [6, 6.07) is 4.05. The third kappa shape index (κ3) is 4.14. The van der Waals surface area contributed by atoms with Crippen LogP contribution in [-0.2, 0) is 17.8 Å². The first-order valence-corrected chi connectivity index (χ1v) is 8.43. The Morgan fingerprint density at radius 3 is 2.58 bits per heavy atom. The van der Waals surface area contributed by atoms with Crippen LogP contribution < -0.4 is 14.8 Å². The van der Waals surface area contributed by atoms with Gasteiger partial charge in [0.2, 0.25) is 5.91 Å². The Balaban J connectivity index is 0.00000208. The molecule has 1 aromatic rings. The Bertz CT molecular complexity index is 574. The molecule has 5 nitrogen and oxygen atoms in total. The van der Waals surface area contributed by atoms with Crippen LogP contribution in [0.15, 0.2) is 12.1 Å². The molecular weight excluding hydrogens is 328 g/mol. The zero-order chi connectivity index (χ0) is 16.2. The van der Waals surface area contributed by atoms with Crippen molar-refractivity contribution in [3.63, 3.8) is 0 Å². The average Bonchev–Trinajstić information content (AvgIpc) is 3.11. The zero-order valence-corrected chi connectivity index (χ0v) is 15.3. The molecule has 1 saturated heterocycles. The van der Waals surface area contributed by atoms with Crippen LogP contribution in [0.4, 0.5) is 0 Å². The molecule has 134 valence electrons. The lowest BCUT2D eigenvalue weighted by Gasteiger charge is -2.30. The highest BCUT2D eigenvalue weighted by Gasteiger charge is 2.24. The van der Waals surface area contributed by atoms with Gasteiger partial charge in [-0.1, -0.05) is 0 Å². The lowest BCUT2D eigenvalue weighted by molar-refractivity contribution is -0.132. The lowest BCUT2D eigenvalue weighted by Crippen LogP contribution is -2.36. The van der Waals surface area contributed by atoms with Crippen LogP contribution in [0.2, 0.25) is 0 Å². The molecule has 1 atom stereocenters. The summed E-state index contributed by atoms with van der Waals surface area (Å²) in [7, 11) is 3.30. The van der Waals surface area contributed by atoms with Crippen molar-refractivity contribution < 1.29 is 14.3 Å². The van der Waals surface area contributed by atoms with E-state index in [2.05, 4.69) is 5.32 Å². The molecule has 1 amide bonds. The minimum Gasteiger partial charge on any atom is -0.493 e. The first-order chi connectivity index (χ1) is 11.2. The number of methoxy groups -OCH3 is 2. The molecule has 0 spiro atoms. The highest BCUT2D eigenvalue weighted by Crippen LogP contribution is 2.33. The standard InChI is InChI=1S/C18H26N2O3.ClH/c1-22-16-9-14-6-8-20(12-15(14)10-17(16)23-2)18(21)4-3-13-5-7-19-11-13;/h9-10,13,19H,3-8,11-12H2,1-2H3;1H. The molecule has 0 aromatic heterocycles. The van der Waals surface area contributed by atoms with Crippen LogP contribution in [0.1, 0.15) is 30.4 Å². The van der Waals surface area contributed by atoms with E-state index in [0.29, 0.717) is 18.9 Å². The van der Waals surface area contributed by atoms with Crippen LogP contribution in [0.5, 0.6) is 11.5 Å². The van der Waals surface area contributed by atoms with E-state index in [9.17, 15) is 4.79 Å². The summed E-state index contributed by atoms with van der Waals surface area (Å²) in [5.74, 6) is 2.44. The summed E-state index contributed by atoms with van der Waals surface area (Å²) >= 11 is 0. The first kappa shape index (κ1) is 18.9. The van der Waals surface area contributed by atoms with E-state index in [1.54, 1.807) is 14.2 Å². The summed E-state index contributed by atoms with van der Waals surface area (Å²) in [5, 5.41) is 3.36. The molecule has 0 bridgehead atoms. The molecule has 2 aliphatic heterocycles. The van der Waals surface area contributed by atoms with Crippen molar-refractivity contribution in [3.8, 4) is 11.5 Å². The molecule has 0 radical (unpaired) electrons. The fourth-order valence-corrected chi connectivity index (χ4v) is 3.54. The van der Waals surface area contributed by atoms with Gasteiger partial charge in [0.1, 0.15) is 0 Å². The zero-order valence-electron chi connectivity index (χ0n) is 14.5. The quantitative estimate of drug-likeness (QED) is 0.882. The van der Waals surface area contributed by atoms with Gasteiger partial charge in [0, 0.05) is 19.5 Å². The molecule has 0 aliphatic carbocycles. The maximum Gasteiger partial charge on any atom is 0.222 e. The van der Waals surface area contributed by atoms with E-state index >= 15 is 0 Å². The van der Waals surface area contributed by atoms with Gasteiger partial charge in [-0.15, -0.1) is 12.4 Å². The van der Waals surface area contributed by atoms with Gasteiger partial charge in [-0.2, -0.15) is 0 Å². The monoisotopic (exact) mass is 354 g/mol. The Kier molecular flexibility index (Phi) is 6.75. The van der Waals surface area contributed by atoms with Crippen LogP contribution in [-0.4, -0.2) is 44.7 Å². The number of benzene rings is 1. The smallest absolute Gasteiger partial charge is 0.222 e. The highest BCUT2D eigenvalue weighted by molar-refractivity contribution is 5.85. The molecule has 1 aromatic carbocycles. The Morgan fingerprint density at radius 1 is 1.25 bits per heavy atom. The average molecular weight is 355 g/mol. The number of halogens is 1. The van der Waals surface area contributed by atoms with Crippen molar-refractivity contribution in [2.75, 3.05) is 33.9 Å². The van der Waals surface area contributed by atoms with Crippen molar-refractivity contribution >= 4 is 18.3 Å². The Hall–Kier alpha value is -1.46. The van der Waals surface area contributed by atoms with E-state index in [4.69, 9.17) is 9.47 Å². The number of nitrogens with zero attached hydrogens (tertiary/aromatic N) is 1. The van der Waals surface area contributed by atoms with E-state index < -0.39 is 0 Å². The van der Waals surface area contributed by atoms with Gasteiger partial charge in [0.15, 0.2) is 11.5 Å². The summed E-state index contributed by atoms with van der Waals surface area (Å²) in [5.41, 5.74) is 2.43. The second kappa shape index (κ2) is 8.58. The second-order valence-corrected chi connectivity index (χ2v) is 6.44. The van der Waals surface area contributed by atoms with Gasteiger partial charge in [-0.3, -0.25) is 4.79 Å². The van der Waals surface area contributed by atoms with E-state index in [1.165, 1.54) is 17.5 Å². The number of fused-ring (bicyclic) bond motifs is 1. The first-order valence-electron chi connectivity index (χ1n) is 8.43. The van der Waals surface area contributed by atoms with Crippen LogP contribution in [0.3, 0.4) is 0 Å². The third-order valence-electron chi connectivity index (χ3n) is 5.00. The topological polar surface area (TPSA) is 50.8 Å². The Morgan fingerprint density at radius 2 is 1.96 bits per heavy atom. The van der Waals surface area contributed by atoms with Gasteiger partial charge >= 0.3 is 0 Å². The van der Waals surface area contributed by atoms with Gasteiger partial charge in [-0.25, -0.2) is 0 Å². The van der Waals surface area contributed by atoms with E-state index in [1.807, 2.05) is 17.0 Å². The number of hydrogen-bond acceptors (Lipinski definition) is 4. The molecular formula is C18H27ClN2O3. The maximum absolute atomic E-state index is 12.5. The van der Waals surface area contributed by atoms with Crippen molar-refractivity contribution in [2.24, 2.45) is 5.92 Å². The number of ether oxygens (including phenoxy) is 2. The molecule has 0 saturated carbocycles. The molecule has 6 heteroatoms. The number of hydrogen-bond donors (Lipinski definition) is 1. The normalized spacial score (nSPS) is 19.4. The maximum atomic E-state index is 12.5. The van der Waals surface area contributed by atoms with Gasteiger partial charge in [0.05, 0.1) is 14.2 Å². The number of rotatable bonds is 5. The number of carbonyl (C=O) groups is 1. The molecule has 2 aliphatic rings. The molecule has 1 N–H and O–H groups in total. The predicted octanol–water partition coefficient (Wildman–Crippen LogP) is 2.40. The molecule has 24 heavy (non-hydrogen) atoms. The third-order valence-corrected chi connectivity index (χ3v) is 5.00. The number of nitrogens with one attached hydrogen (secondary N) is 1. The fourth-order valence-electron chi connectivity index (χ4n) is 3.54. The summed E-state index contributed by atoms with van der Waals surface area (Å²) in [4.78, 5) is 14.5. The van der Waals surface area contributed by atoms with Crippen LogP contribution in [0.25, 0.3) is 0 Å². The largest absolute Gasteiger partial charge is 0.493 e. The molecule has 2 heterocycles. The van der Waals surface area contributed by atoms with Gasteiger partial charge in [-0.05, 0) is 61.5 Å². The number of amides is 1. The van der Waals surface area contributed by atoms with E-state index in [0.717, 1.165) is 44.0 Å². The lowest BCUT2D eigenvalue weighted by atomic mass is 9.97. The summed E-state index contributed by atoms with van der Waals surface area (Å²) in [6.07, 6.45) is 3.75. The second-order valence-electron chi connectivity index (χ2n) is 6.44. The summed E-state index contributed by atoms with van der Waals surface area (Å²) < 4.78 is 10.7. The predicted molar refractivity (Wildman–Crippen MR) is 96.1 cm³/mol. The number of carbonyl (C=O) groups excluding carboxylic acids is 1. The molecule has 3 rings (SSSR count). The van der Waals surface area contributed by atoms with Crippen molar-refractivity contribution in [3.05, 3.63) is 23.3 Å². The minimum atomic E-state index is 0. The SMILES string of the molecule is COc1cc2c(cc1OC)CN(C(=O)CCC1CCNC1)CC2.Cl. The van der Waals surface area contributed by atoms with E-state index in [-0.39, 0.29) is 18.3 Å². The Labute approximate surface area is 150 Å². The fraction of sp³-hybridized carbons (Fsp3) is 0.611. The molecule has 1 fully saturated rings. The summed E-state index contributed by atoms with van der Waals surface area (Å²) in [6.45, 7) is 3.63. The van der Waals surface area contributed by atoms with Crippen molar-refractivity contribution in [1.29, 1.82) is 0 Å². The van der Waals surface area contributed by atoms with Crippen LogP contribution >= 0.6 is 12.4 Å². The molecule has 1 unspecified atom stereocenters. The highest BCUT2D eigenvalue weighted by atomic mass is 35.5.